The molecule has 0 spiro atoms. The number of nitrogens with one attached hydrogen (secondary N) is 1. The first-order valence-corrected chi connectivity index (χ1v) is 9.81. The lowest BCUT2D eigenvalue weighted by molar-refractivity contribution is 0.482. The van der Waals surface area contributed by atoms with E-state index in [1.54, 1.807) is 30.5 Å². The zero-order valence-electron chi connectivity index (χ0n) is 13.5. The van der Waals surface area contributed by atoms with Gasteiger partial charge in [-0.1, -0.05) is 0 Å². The SMILES string of the molecule is Cc1csc(Nc2ncccc2Oc2ccc(S(C)(=O)=O)cc2)n1.Cl. The Balaban J connectivity index is 0.00000225. The number of thiazole rings is 1. The number of ether oxygens (including phenoxy) is 1. The van der Waals surface area contributed by atoms with Gasteiger partial charge in [0, 0.05) is 17.8 Å². The van der Waals surface area contributed by atoms with Crippen LogP contribution in [0.25, 0.3) is 0 Å². The molecule has 0 aliphatic carbocycles. The first-order valence-electron chi connectivity index (χ1n) is 7.04. The van der Waals surface area contributed by atoms with Crippen LogP contribution in [0.4, 0.5) is 10.9 Å². The van der Waals surface area contributed by atoms with Crippen molar-refractivity contribution in [3.8, 4) is 11.5 Å². The number of rotatable bonds is 5. The van der Waals surface area contributed by atoms with Crippen molar-refractivity contribution in [2.24, 2.45) is 0 Å². The number of aryl methyl sites for hydroxylation is 1. The number of nitrogens with zero attached hydrogens (tertiary/aromatic N) is 2. The van der Waals surface area contributed by atoms with Crippen molar-refractivity contribution >= 4 is 44.5 Å². The van der Waals surface area contributed by atoms with Crippen LogP contribution in [-0.4, -0.2) is 24.6 Å². The number of sulfone groups is 1. The van der Waals surface area contributed by atoms with Gasteiger partial charge in [-0.2, -0.15) is 0 Å². The topological polar surface area (TPSA) is 81.2 Å². The summed E-state index contributed by atoms with van der Waals surface area (Å²) in [6, 6.07) is 9.79. The molecule has 3 rings (SSSR count). The van der Waals surface area contributed by atoms with E-state index in [4.69, 9.17) is 4.74 Å². The van der Waals surface area contributed by atoms with Gasteiger partial charge in [-0.25, -0.2) is 18.4 Å². The van der Waals surface area contributed by atoms with Crippen LogP contribution in [0.15, 0.2) is 52.9 Å². The Morgan fingerprint density at radius 3 is 2.48 bits per heavy atom. The van der Waals surface area contributed by atoms with Gasteiger partial charge in [0.1, 0.15) is 5.75 Å². The molecule has 2 aromatic heterocycles. The number of anilines is 2. The molecule has 2 heterocycles. The van der Waals surface area contributed by atoms with Gasteiger partial charge < -0.3 is 10.1 Å². The van der Waals surface area contributed by atoms with Crippen LogP contribution in [0.1, 0.15) is 5.69 Å². The first-order chi connectivity index (χ1) is 11.4. The van der Waals surface area contributed by atoms with Crippen LogP contribution in [-0.2, 0) is 9.84 Å². The minimum absolute atomic E-state index is 0. The van der Waals surface area contributed by atoms with E-state index in [9.17, 15) is 8.42 Å². The number of hydrogen-bond acceptors (Lipinski definition) is 7. The lowest BCUT2D eigenvalue weighted by Gasteiger charge is -2.10. The van der Waals surface area contributed by atoms with Crippen molar-refractivity contribution in [3.05, 3.63) is 53.7 Å². The fourth-order valence-corrected chi connectivity index (χ4v) is 3.28. The fourth-order valence-electron chi connectivity index (χ4n) is 1.96. The highest BCUT2D eigenvalue weighted by molar-refractivity contribution is 7.90. The zero-order chi connectivity index (χ0) is 17.2. The maximum absolute atomic E-state index is 11.5. The van der Waals surface area contributed by atoms with Crippen LogP contribution < -0.4 is 10.1 Å². The maximum atomic E-state index is 11.5. The number of hydrogen-bond donors (Lipinski definition) is 1. The number of benzene rings is 1. The largest absolute Gasteiger partial charge is 0.453 e. The molecule has 1 N–H and O–H groups in total. The molecule has 6 nitrogen and oxygen atoms in total. The standard InChI is InChI=1S/C16H15N3O3S2.ClH/c1-11-10-23-16(18-11)19-15-14(4-3-9-17-15)22-12-5-7-13(8-6-12)24(2,20)21;/h3-10H,1-2H3,(H,17,18,19);1H. The van der Waals surface area contributed by atoms with Gasteiger partial charge in [0.05, 0.1) is 10.6 Å². The third-order valence-corrected chi connectivity index (χ3v) is 5.10. The van der Waals surface area contributed by atoms with Gasteiger partial charge in [0.2, 0.25) is 0 Å². The molecular formula is C16H16ClN3O3S2. The van der Waals surface area contributed by atoms with Crippen molar-refractivity contribution in [3.63, 3.8) is 0 Å². The Morgan fingerprint density at radius 1 is 1.16 bits per heavy atom. The van der Waals surface area contributed by atoms with Gasteiger partial charge in [-0.15, -0.1) is 23.7 Å². The summed E-state index contributed by atoms with van der Waals surface area (Å²) in [4.78, 5) is 8.86. The van der Waals surface area contributed by atoms with Gasteiger partial charge in [0.15, 0.2) is 26.5 Å². The third-order valence-electron chi connectivity index (χ3n) is 3.09. The molecule has 1 aromatic carbocycles. The van der Waals surface area contributed by atoms with Crippen LogP contribution >= 0.6 is 23.7 Å². The highest BCUT2D eigenvalue weighted by Gasteiger charge is 2.10. The smallest absolute Gasteiger partial charge is 0.188 e. The van der Waals surface area contributed by atoms with Crippen molar-refractivity contribution in [1.82, 2.24) is 9.97 Å². The van der Waals surface area contributed by atoms with Gasteiger partial charge >= 0.3 is 0 Å². The van der Waals surface area contributed by atoms with E-state index in [-0.39, 0.29) is 17.3 Å². The van der Waals surface area contributed by atoms with E-state index < -0.39 is 9.84 Å². The first kappa shape index (κ1) is 19.2. The minimum Gasteiger partial charge on any atom is -0.453 e. The quantitative estimate of drug-likeness (QED) is 0.694. The summed E-state index contributed by atoms with van der Waals surface area (Å²) < 4.78 is 28.8. The Bertz CT molecular complexity index is 957. The second-order valence-corrected chi connectivity index (χ2v) is 7.99. The van der Waals surface area contributed by atoms with Crippen molar-refractivity contribution < 1.29 is 13.2 Å². The summed E-state index contributed by atoms with van der Waals surface area (Å²) in [5.74, 6) is 1.59. The zero-order valence-corrected chi connectivity index (χ0v) is 15.9. The molecule has 0 saturated carbocycles. The summed E-state index contributed by atoms with van der Waals surface area (Å²) in [5, 5.41) is 5.79. The van der Waals surface area contributed by atoms with Crippen molar-refractivity contribution in [2.45, 2.75) is 11.8 Å². The molecule has 0 amide bonds. The predicted molar refractivity (Wildman–Crippen MR) is 101 cm³/mol. The molecular weight excluding hydrogens is 382 g/mol. The molecule has 9 heteroatoms. The summed E-state index contributed by atoms with van der Waals surface area (Å²) in [6.07, 6.45) is 2.82. The monoisotopic (exact) mass is 397 g/mol. The van der Waals surface area contributed by atoms with Gasteiger partial charge in [0.25, 0.3) is 0 Å². The van der Waals surface area contributed by atoms with E-state index in [1.807, 2.05) is 12.3 Å². The highest BCUT2D eigenvalue weighted by Crippen LogP contribution is 2.31. The maximum Gasteiger partial charge on any atom is 0.188 e. The van der Waals surface area contributed by atoms with Crippen LogP contribution in [0.5, 0.6) is 11.5 Å². The number of aromatic nitrogens is 2. The van der Waals surface area contributed by atoms with Crippen LogP contribution in [0.3, 0.4) is 0 Å². The second-order valence-electron chi connectivity index (χ2n) is 5.11. The Labute approximate surface area is 156 Å². The van der Waals surface area contributed by atoms with Gasteiger partial charge in [-0.05, 0) is 43.3 Å². The Hall–Kier alpha value is -2.16. The lowest BCUT2D eigenvalue weighted by Crippen LogP contribution is -1.98. The normalized spacial score (nSPS) is 10.8. The Morgan fingerprint density at radius 2 is 1.88 bits per heavy atom. The summed E-state index contributed by atoms with van der Waals surface area (Å²) in [5.41, 5.74) is 0.928. The molecule has 0 bridgehead atoms. The number of halogens is 1. The molecule has 0 fully saturated rings. The van der Waals surface area contributed by atoms with Gasteiger partial charge in [-0.3, -0.25) is 0 Å². The average molecular weight is 398 g/mol. The Kier molecular flexibility index (Phi) is 5.99. The molecule has 0 atom stereocenters. The lowest BCUT2D eigenvalue weighted by atomic mass is 10.3. The highest BCUT2D eigenvalue weighted by atomic mass is 35.5. The summed E-state index contributed by atoms with van der Waals surface area (Å²) in [6.45, 7) is 1.92. The molecule has 3 aromatic rings. The van der Waals surface area contributed by atoms with Crippen LogP contribution in [0, 0.1) is 6.92 Å². The van der Waals surface area contributed by atoms with Crippen molar-refractivity contribution in [1.29, 1.82) is 0 Å². The average Bonchev–Trinajstić information content (AvgIpc) is 2.94. The molecule has 132 valence electrons. The van der Waals surface area contributed by atoms with E-state index >= 15 is 0 Å². The second kappa shape index (κ2) is 7.81. The minimum atomic E-state index is -3.23. The summed E-state index contributed by atoms with van der Waals surface area (Å²) >= 11 is 1.48. The molecule has 0 saturated heterocycles. The molecule has 25 heavy (non-hydrogen) atoms. The third kappa shape index (κ3) is 4.91. The molecule has 0 aliphatic rings. The predicted octanol–water partition coefficient (Wildman–Crippen LogP) is 4.21. The molecule has 0 radical (unpaired) electrons. The van der Waals surface area contributed by atoms with E-state index in [1.165, 1.54) is 29.7 Å². The summed E-state index contributed by atoms with van der Waals surface area (Å²) in [7, 11) is -3.23. The molecule has 0 unspecified atom stereocenters. The fraction of sp³-hybridized carbons (Fsp3) is 0.125. The molecule has 0 aliphatic heterocycles. The van der Waals surface area contributed by atoms with Crippen LogP contribution in [0.2, 0.25) is 0 Å². The van der Waals surface area contributed by atoms with E-state index in [0.29, 0.717) is 17.3 Å². The van der Waals surface area contributed by atoms with Crippen molar-refractivity contribution in [2.75, 3.05) is 11.6 Å². The number of pyridine rings is 1. The van der Waals surface area contributed by atoms with E-state index in [2.05, 4.69) is 15.3 Å². The van der Waals surface area contributed by atoms with E-state index in [0.717, 1.165) is 10.8 Å².